The number of hydrogen-bond acceptors (Lipinski definition) is 5. The summed E-state index contributed by atoms with van der Waals surface area (Å²) in [7, 11) is 0. The topological polar surface area (TPSA) is 77.5 Å². The van der Waals surface area contributed by atoms with Crippen molar-refractivity contribution in [2.75, 3.05) is 29.9 Å². The summed E-state index contributed by atoms with van der Waals surface area (Å²) in [6.45, 7) is 6.44. The number of aliphatic hydroxyl groups excluding tert-OH is 1. The number of carbonyl (C=O) groups excluding carboxylic acids is 1. The van der Waals surface area contributed by atoms with Crippen molar-refractivity contribution in [3.8, 4) is 0 Å². The first-order valence-corrected chi connectivity index (χ1v) is 7.07. The third kappa shape index (κ3) is 5.28. The Labute approximate surface area is 143 Å². The first-order chi connectivity index (χ1) is 9.63. The van der Waals surface area contributed by atoms with Gasteiger partial charge in [0.2, 0.25) is 5.91 Å². The van der Waals surface area contributed by atoms with Gasteiger partial charge in [0.25, 0.3) is 0 Å². The van der Waals surface area contributed by atoms with Gasteiger partial charge in [0.15, 0.2) is 0 Å². The lowest BCUT2D eigenvalue weighted by molar-refractivity contribution is -0.117. The van der Waals surface area contributed by atoms with Gasteiger partial charge in [0.05, 0.1) is 24.0 Å². The molecule has 1 amide bonds. The van der Waals surface area contributed by atoms with Gasteiger partial charge in [-0.05, 0) is 32.4 Å². The number of β-amino-alcohol motifs (C(OH)–C–C–N with tert-alkyl or cyclic N) is 1. The molecule has 8 heteroatoms. The van der Waals surface area contributed by atoms with Crippen LogP contribution in [0.4, 0.5) is 11.5 Å². The van der Waals surface area contributed by atoms with E-state index < -0.39 is 6.10 Å². The Morgan fingerprint density at radius 2 is 2.09 bits per heavy atom. The van der Waals surface area contributed by atoms with E-state index >= 15 is 0 Å². The molecule has 1 aromatic rings. The number of anilines is 2. The first-order valence-electron chi connectivity index (χ1n) is 7.07. The lowest BCUT2D eigenvalue weighted by Crippen LogP contribution is -2.35. The van der Waals surface area contributed by atoms with Crippen LogP contribution >= 0.6 is 24.8 Å². The van der Waals surface area contributed by atoms with Gasteiger partial charge >= 0.3 is 0 Å². The van der Waals surface area contributed by atoms with Crippen LogP contribution in [0.1, 0.15) is 20.3 Å². The van der Waals surface area contributed by atoms with E-state index in [0.29, 0.717) is 18.7 Å². The molecule has 0 aromatic carbocycles. The zero-order valence-electron chi connectivity index (χ0n) is 12.8. The fraction of sp³-hybridized carbons (Fsp3) is 0.571. The Hall–Kier alpha value is -1.08. The lowest BCUT2D eigenvalue weighted by Gasteiger charge is -2.19. The van der Waals surface area contributed by atoms with Gasteiger partial charge in [-0.1, -0.05) is 0 Å². The molecule has 2 unspecified atom stereocenters. The molecule has 1 aromatic heterocycles. The summed E-state index contributed by atoms with van der Waals surface area (Å²) in [5.41, 5.74) is 0.675. The van der Waals surface area contributed by atoms with Crippen LogP contribution in [0.2, 0.25) is 0 Å². The third-order valence-corrected chi connectivity index (χ3v) is 3.53. The number of rotatable bonds is 5. The van der Waals surface area contributed by atoms with Crippen LogP contribution in [-0.2, 0) is 4.79 Å². The summed E-state index contributed by atoms with van der Waals surface area (Å²) < 4.78 is 0. The normalized spacial score (nSPS) is 19.8. The molecule has 0 aliphatic carbocycles. The van der Waals surface area contributed by atoms with Crippen LogP contribution in [0.15, 0.2) is 18.3 Å². The van der Waals surface area contributed by atoms with Crippen LogP contribution in [0.5, 0.6) is 0 Å². The molecule has 1 fully saturated rings. The van der Waals surface area contributed by atoms with Crippen LogP contribution in [0.3, 0.4) is 0 Å². The molecule has 2 atom stereocenters. The minimum absolute atomic E-state index is 0. The average molecular weight is 351 g/mol. The van der Waals surface area contributed by atoms with Gasteiger partial charge in [-0.2, -0.15) is 0 Å². The molecule has 2 rings (SSSR count). The Morgan fingerprint density at radius 1 is 1.41 bits per heavy atom. The number of amides is 1. The predicted octanol–water partition coefficient (Wildman–Crippen LogP) is 1.43. The van der Waals surface area contributed by atoms with E-state index in [1.165, 1.54) is 0 Å². The number of nitrogens with one attached hydrogen (secondary N) is 2. The molecule has 1 aliphatic rings. The standard InChI is InChI=1S/C14H22N4O2.2ClH/c1-3-18(4-2)13-6-5-10(8-16-13)17-14(20)12-7-11(19)9-15-12;;/h5-6,8,11-12,15,19H,3-4,7,9H2,1-2H3,(H,17,20);2*1H. The highest BCUT2D eigenvalue weighted by Gasteiger charge is 2.27. The molecule has 0 radical (unpaired) electrons. The Balaban J connectivity index is 0.00000220. The zero-order valence-corrected chi connectivity index (χ0v) is 14.4. The lowest BCUT2D eigenvalue weighted by atomic mass is 10.2. The van der Waals surface area contributed by atoms with Crippen LogP contribution in [-0.4, -0.2) is 47.8 Å². The quantitative estimate of drug-likeness (QED) is 0.748. The Bertz CT molecular complexity index is 455. The van der Waals surface area contributed by atoms with E-state index in [0.717, 1.165) is 18.9 Å². The summed E-state index contributed by atoms with van der Waals surface area (Å²) in [5, 5.41) is 15.2. The third-order valence-electron chi connectivity index (χ3n) is 3.53. The van der Waals surface area contributed by atoms with Gasteiger partial charge in [-0.15, -0.1) is 24.8 Å². The largest absolute Gasteiger partial charge is 0.392 e. The van der Waals surface area contributed by atoms with Crippen molar-refractivity contribution in [1.29, 1.82) is 0 Å². The number of halogens is 2. The van der Waals surface area contributed by atoms with Crippen molar-refractivity contribution in [3.05, 3.63) is 18.3 Å². The van der Waals surface area contributed by atoms with Crippen LogP contribution in [0, 0.1) is 0 Å². The van der Waals surface area contributed by atoms with Crippen molar-refractivity contribution in [1.82, 2.24) is 10.3 Å². The van der Waals surface area contributed by atoms with Crippen LogP contribution < -0.4 is 15.5 Å². The highest BCUT2D eigenvalue weighted by Crippen LogP contribution is 2.15. The second-order valence-corrected chi connectivity index (χ2v) is 4.92. The molecule has 1 aliphatic heterocycles. The monoisotopic (exact) mass is 350 g/mol. The molecular weight excluding hydrogens is 327 g/mol. The number of pyridine rings is 1. The second kappa shape index (κ2) is 9.84. The maximum Gasteiger partial charge on any atom is 0.241 e. The van der Waals surface area contributed by atoms with Gasteiger partial charge in [0, 0.05) is 19.6 Å². The number of carbonyl (C=O) groups is 1. The minimum atomic E-state index is -0.436. The summed E-state index contributed by atoms with van der Waals surface area (Å²) >= 11 is 0. The predicted molar refractivity (Wildman–Crippen MR) is 93.3 cm³/mol. The molecule has 126 valence electrons. The number of aliphatic hydroxyl groups is 1. The second-order valence-electron chi connectivity index (χ2n) is 4.92. The van der Waals surface area contributed by atoms with Crippen molar-refractivity contribution in [2.24, 2.45) is 0 Å². The van der Waals surface area contributed by atoms with Gasteiger partial charge < -0.3 is 20.6 Å². The molecular formula is C14H24Cl2N4O2. The van der Waals surface area contributed by atoms with Crippen LogP contribution in [0.25, 0.3) is 0 Å². The summed E-state index contributed by atoms with van der Waals surface area (Å²) in [5.74, 6) is 0.779. The summed E-state index contributed by atoms with van der Waals surface area (Å²) in [6.07, 6.45) is 1.68. The number of aromatic nitrogens is 1. The molecule has 3 N–H and O–H groups in total. The molecule has 2 heterocycles. The molecule has 6 nitrogen and oxygen atoms in total. The van der Waals surface area contributed by atoms with E-state index in [4.69, 9.17) is 0 Å². The fourth-order valence-corrected chi connectivity index (χ4v) is 2.34. The Kier molecular flexibility index (Phi) is 9.36. The van der Waals surface area contributed by atoms with Gasteiger partial charge in [0.1, 0.15) is 5.82 Å². The molecule has 1 saturated heterocycles. The molecule has 0 bridgehead atoms. The highest BCUT2D eigenvalue weighted by atomic mass is 35.5. The van der Waals surface area contributed by atoms with E-state index in [9.17, 15) is 9.90 Å². The summed E-state index contributed by atoms with van der Waals surface area (Å²) in [6, 6.07) is 3.43. The SMILES string of the molecule is CCN(CC)c1ccc(NC(=O)C2CC(O)CN2)cn1.Cl.Cl. The van der Waals surface area contributed by atoms with E-state index in [1.807, 2.05) is 12.1 Å². The fourth-order valence-electron chi connectivity index (χ4n) is 2.34. The van der Waals surface area contributed by atoms with Gasteiger partial charge in [-0.3, -0.25) is 4.79 Å². The van der Waals surface area contributed by atoms with E-state index in [-0.39, 0.29) is 36.8 Å². The molecule has 22 heavy (non-hydrogen) atoms. The highest BCUT2D eigenvalue weighted by molar-refractivity contribution is 5.95. The van der Waals surface area contributed by atoms with Crippen molar-refractivity contribution in [3.63, 3.8) is 0 Å². The molecule has 0 spiro atoms. The van der Waals surface area contributed by atoms with Crippen molar-refractivity contribution < 1.29 is 9.90 Å². The first kappa shape index (κ1) is 20.9. The zero-order chi connectivity index (χ0) is 14.5. The van der Waals surface area contributed by atoms with Crippen molar-refractivity contribution in [2.45, 2.75) is 32.4 Å². The van der Waals surface area contributed by atoms with E-state index in [2.05, 4.69) is 34.4 Å². The minimum Gasteiger partial charge on any atom is -0.392 e. The van der Waals surface area contributed by atoms with E-state index in [1.54, 1.807) is 6.20 Å². The average Bonchev–Trinajstić information content (AvgIpc) is 2.89. The van der Waals surface area contributed by atoms with Gasteiger partial charge in [-0.25, -0.2) is 4.98 Å². The number of nitrogens with zero attached hydrogens (tertiary/aromatic N) is 2. The smallest absolute Gasteiger partial charge is 0.241 e. The maximum atomic E-state index is 12.0. The number of hydrogen-bond donors (Lipinski definition) is 3. The summed E-state index contributed by atoms with van der Waals surface area (Å²) in [4.78, 5) is 18.5. The van der Waals surface area contributed by atoms with Crippen molar-refractivity contribution >= 4 is 42.2 Å². The maximum absolute atomic E-state index is 12.0. The Morgan fingerprint density at radius 3 is 2.55 bits per heavy atom. The molecule has 0 saturated carbocycles.